The second-order valence-electron chi connectivity index (χ2n) is 5.20. The van der Waals surface area contributed by atoms with Crippen LogP contribution in [-0.4, -0.2) is 38.1 Å². The molecule has 1 saturated heterocycles. The molecule has 2 aromatic rings. The van der Waals surface area contributed by atoms with Crippen LogP contribution >= 0.6 is 11.6 Å². The summed E-state index contributed by atoms with van der Waals surface area (Å²) in [7, 11) is 1.41. The molecule has 1 fully saturated rings. The summed E-state index contributed by atoms with van der Waals surface area (Å²) in [5.74, 6) is -0.760. The number of carbonyl (C=O) groups is 1. The number of nitrogens with one attached hydrogen (secondary N) is 2. The van der Waals surface area contributed by atoms with Gasteiger partial charge in [0.1, 0.15) is 5.69 Å². The number of halogens is 3. The van der Waals surface area contributed by atoms with Crippen molar-refractivity contribution >= 4 is 23.3 Å². The Balaban J connectivity index is 1.68. The highest BCUT2D eigenvalue weighted by Gasteiger charge is 2.30. The summed E-state index contributed by atoms with van der Waals surface area (Å²) in [4.78, 5) is 12.2. The summed E-state index contributed by atoms with van der Waals surface area (Å²) in [5, 5.41) is 13.0. The maximum Gasteiger partial charge on any atom is 0.488 e. The summed E-state index contributed by atoms with van der Waals surface area (Å²) in [6.45, 7) is 0.689. The smallest absolute Gasteiger partial charge is 0.400 e. The van der Waals surface area contributed by atoms with E-state index in [4.69, 9.17) is 4.74 Å². The molecule has 1 aliphatic rings. The summed E-state index contributed by atoms with van der Waals surface area (Å²) in [6, 6.07) is 2.72. The van der Waals surface area contributed by atoms with Crippen LogP contribution < -0.4 is 10.1 Å². The Morgan fingerprint density at radius 1 is 1.58 bits per heavy atom. The van der Waals surface area contributed by atoms with E-state index in [0.717, 1.165) is 29.3 Å². The number of aromatic nitrogens is 4. The molecule has 0 spiro atoms. The van der Waals surface area contributed by atoms with Gasteiger partial charge in [-0.15, -0.1) is 13.9 Å². The number of hydrogen-bond acceptors (Lipinski definition) is 5. The van der Waals surface area contributed by atoms with Crippen LogP contribution in [0.3, 0.4) is 0 Å². The Bertz CT molecular complexity index is 736. The van der Waals surface area contributed by atoms with E-state index in [2.05, 4.69) is 37.0 Å². The van der Waals surface area contributed by atoms with Crippen LogP contribution in [0.25, 0.3) is 0 Å². The molecule has 0 unspecified atom stereocenters. The molecular formula is C13H14ClF2N5O3. The lowest BCUT2D eigenvalue weighted by atomic mass is 10.2. The molecule has 130 valence electrons. The lowest BCUT2D eigenvalue weighted by Crippen LogP contribution is -2.16. The quantitative estimate of drug-likeness (QED) is 0.798. The van der Waals surface area contributed by atoms with E-state index >= 15 is 0 Å². The summed E-state index contributed by atoms with van der Waals surface area (Å²) >= 11 is 4.67. The lowest BCUT2D eigenvalue weighted by molar-refractivity contribution is -0.0993. The number of hydrogen-bond donors (Lipinski definition) is 2. The first-order valence-corrected chi connectivity index (χ1v) is 7.47. The summed E-state index contributed by atoms with van der Waals surface area (Å²) in [5.41, 5.74) is -3.13. The van der Waals surface area contributed by atoms with Gasteiger partial charge >= 0.3 is 5.57 Å². The molecule has 2 N–H and O–H groups in total. The van der Waals surface area contributed by atoms with Crippen LogP contribution in [0, 0.1) is 0 Å². The molecule has 2 aromatic heterocycles. The molecule has 1 aliphatic heterocycles. The number of ether oxygens (including phenoxy) is 2. The van der Waals surface area contributed by atoms with Crippen molar-refractivity contribution in [1.29, 1.82) is 0 Å². The van der Waals surface area contributed by atoms with E-state index in [-0.39, 0.29) is 17.6 Å². The maximum atomic E-state index is 12.6. The first-order chi connectivity index (χ1) is 11.3. The zero-order valence-corrected chi connectivity index (χ0v) is 13.3. The van der Waals surface area contributed by atoms with Crippen molar-refractivity contribution in [3.05, 3.63) is 23.5 Å². The molecule has 0 saturated carbocycles. The van der Waals surface area contributed by atoms with Crippen molar-refractivity contribution in [3.63, 3.8) is 0 Å². The Morgan fingerprint density at radius 3 is 3.04 bits per heavy atom. The van der Waals surface area contributed by atoms with Crippen LogP contribution in [0.1, 0.15) is 35.1 Å². The van der Waals surface area contributed by atoms with Crippen molar-refractivity contribution in [1.82, 2.24) is 20.0 Å². The molecule has 1 atom stereocenters. The Hall–Kier alpha value is -2.20. The molecule has 0 aliphatic carbocycles. The molecule has 1 amide bonds. The number of nitrogens with zero attached hydrogens (tertiary/aromatic N) is 3. The van der Waals surface area contributed by atoms with Gasteiger partial charge < -0.3 is 14.8 Å². The first kappa shape index (κ1) is 16.7. The van der Waals surface area contributed by atoms with Crippen molar-refractivity contribution in [2.45, 2.75) is 24.5 Å². The number of H-pyrrole nitrogens is 1. The van der Waals surface area contributed by atoms with Gasteiger partial charge in [-0.3, -0.25) is 14.6 Å². The fourth-order valence-corrected chi connectivity index (χ4v) is 2.47. The molecule has 11 heteroatoms. The highest BCUT2D eigenvalue weighted by Crippen LogP contribution is 2.28. The van der Waals surface area contributed by atoms with E-state index in [1.54, 1.807) is 6.07 Å². The number of alkyl halides is 3. The second-order valence-corrected chi connectivity index (χ2v) is 5.64. The maximum absolute atomic E-state index is 12.6. The topological polar surface area (TPSA) is 94.1 Å². The van der Waals surface area contributed by atoms with Gasteiger partial charge in [0.15, 0.2) is 5.82 Å². The molecule has 0 aromatic carbocycles. The number of aryl methyl sites for hydroxylation is 1. The molecule has 3 rings (SSSR count). The van der Waals surface area contributed by atoms with E-state index < -0.39 is 17.4 Å². The van der Waals surface area contributed by atoms with Crippen LogP contribution in [-0.2, 0) is 11.8 Å². The average Bonchev–Trinajstić information content (AvgIpc) is 3.17. The first-order valence-electron chi connectivity index (χ1n) is 7.10. The molecule has 3 heterocycles. The van der Waals surface area contributed by atoms with Crippen LogP contribution in [0.5, 0.6) is 5.88 Å². The standard InChI is InChI=1S/C13H14ClF2N5O3/c1-21-8(6-11(20-21)24-13(14,15)16)12(22)17-10-5-7(18-19-10)9-3-2-4-23-9/h5-6,9H,2-4H2,1H3,(H2,17,18,19,22)/t9-/m0/s1. The molecule has 24 heavy (non-hydrogen) atoms. The van der Waals surface area contributed by atoms with Crippen LogP contribution in [0.15, 0.2) is 12.1 Å². The Morgan fingerprint density at radius 2 is 2.38 bits per heavy atom. The van der Waals surface area contributed by atoms with Gasteiger partial charge in [-0.25, -0.2) is 0 Å². The number of amides is 1. The monoisotopic (exact) mass is 361 g/mol. The molecule has 0 bridgehead atoms. The van der Waals surface area contributed by atoms with Gasteiger partial charge in [0.05, 0.1) is 11.8 Å². The van der Waals surface area contributed by atoms with E-state index in [9.17, 15) is 13.6 Å². The van der Waals surface area contributed by atoms with Gasteiger partial charge in [0.2, 0.25) is 5.88 Å². The van der Waals surface area contributed by atoms with Gasteiger partial charge in [-0.1, -0.05) is 0 Å². The number of rotatable bonds is 5. The lowest BCUT2D eigenvalue weighted by Gasteiger charge is -2.05. The largest absolute Gasteiger partial charge is 0.488 e. The van der Waals surface area contributed by atoms with Gasteiger partial charge in [-0.05, 0) is 12.8 Å². The zero-order chi connectivity index (χ0) is 17.3. The SMILES string of the molecule is Cn1nc(OC(F)(F)Cl)cc1C(=O)Nc1cc([C@@H]2CCCO2)[nH]n1. The van der Waals surface area contributed by atoms with Crippen molar-refractivity contribution in [2.75, 3.05) is 11.9 Å². The minimum absolute atomic E-state index is 0.00702. The van der Waals surface area contributed by atoms with Gasteiger partial charge in [-0.2, -0.15) is 5.10 Å². The summed E-state index contributed by atoms with van der Waals surface area (Å²) < 4.78 is 36.0. The van der Waals surface area contributed by atoms with E-state index in [1.165, 1.54) is 7.05 Å². The van der Waals surface area contributed by atoms with Gasteiger partial charge in [0, 0.05) is 37.4 Å². The van der Waals surface area contributed by atoms with Crippen molar-refractivity contribution in [2.24, 2.45) is 7.05 Å². The molecular weight excluding hydrogens is 348 g/mol. The summed E-state index contributed by atoms with van der Waals surface area (Å²) in [6.07, 6.45) is 1.78. The third-order valence-corrected chi connectivity index (χ3v) is 3.50. The van der Waals surface area contributed by atoms with Crippen LogP contribution in [0.2, 0.25) is 0 Å². The third-order valence-electron chi connectivity index (χ3n) is 3.43. The van der Waals surface area contributed by atoms with E-state index in [1.807, 2.05) is 0 Å². The second kappa shape index (κ2) is 6.36. The van der Waals surface area contributed by atoms with Crippen molar-refractivity contribution in [3.8, 4) is 5.88 Å². The fraction of sp³-hybridized carbons (Fsp3) is 0.462. The average molecular weight is 362 g/mol. The van der Waals surface area contributed by atoms with E-state index in [0.29, 0.717) is 6.61 Å². The fourth-order valence-electron chi connectivity index (χ4n) is 2.39. The van der Waals surface area contributed by atoms with Crippen molar-refractivity contribution < 1.29 is 23.0 Å². The third kappa shape index (κ3) is 3.82. The highest BCUT2D eigenvalue weighted by molar-refractivity contribution is 6.20. The highest BCUT2D eigenvalue weighted by atomic mass is 35.5. The predicted molar refractivity (Wildman–Crippen MR) is 79.1 cm³/mol. The Kier molecular flexibility index (Phi) is 4.41. The number of aromatic amines is 1. The minimum Gasteiger partial charge on any atom is -0.400 e. The zero-order valence-electron chi connectivity index (χ0n) is 12.6. The van der Waals surface area contributed by atoms with Crippen LogP contribution in [0.4, 0.5) is 14.6 Å². The normalized spacial score (nSPS) is 17.9. The minimum atomic E-state index is -3.90. The number of anilines is 1. The Labute approximate surface area is 140 Å². The molecule has 0 radical (unpaired) electrons. The van der Waals surface area contributed by atoms with Gasteiger partial charge in [0.25, 0.3) is 5.91 Å². The molecule has 8 nitrogen and oxygen atoms in total. The number of carbonyl (C=O) groups excluding carboxylic acids is 1. The predicted octanol–water partition coefficient (Wildman–Crippen LogP) is 2.41.